The molecule has 22 heavy (non-hydrogen) atoms. The van der Waals surface area contributed by atoms with Crippen LogP contribution in [-0.4, -0.2) is 18.6 Å². The van der Waals surface area contributed by atoms with E-state index in [0.717, 1.165) is 12.3 Å². The maximum Gasteiger partial charge on any atom is 0.118 e. The summed E-state index contributed by atoms with van der Waals surface area (Å²) in [6.45, 7) is 6.61. The largest absolute Gasteiger partial charge is 0.497 e. The van der Waals surface area contributed by atoms with E-state index in [1.807, 2.05) is 0 Å². The molecular formula is C20H25NO. The van der Waals surface area contributed by atoms with E-state index in [1.165, 1.54) is 41.6 Å². The number of nitrogens with zero attached hydrogens (tertiary/aromatic N) is 1. The summed E-state index contributed by atoms with van der Waals surface area (Å²) < 4.78 is 5.27. The van der Waals surface area contributed by atoms with Crippen molar-refractivity contribution < 1.29 is 4.74 Å². The number of hydrogen-bond donors (Lipinski definition) is 0. The van der Waals surface area contributed by atoms with Crippen LogP contribution in [0, 0.1) is 13.8 Å². The van der Waals surface area contributed by atoms with Crippen molar-refractivity contribution in [1.82, 2.24) is 4.90 Å². The van der Waals surface area contributed by atoms with Gasteiger partial charge < -0.3 is 4.74 Å². The van der Waals surface area contributed by atoms with Crippen molar-refractivity contribution in [3.8, 4) is 5.75 Å². The summed E-state index contributed by atoms with van der Waals surface area (Å²) in [6.07, 6.45) is 2.53. The summed E-state index contributed by atoms with van der Waals surface area (Å²) in [4.78, 5) is 2.61. The summed E-state index contributed by atoms with van der Waals surface area (Å²) in [5.74, 6) is 0.933. The fourth-order valence-electron chi connectivity index (χ4n) is 3.46. The smallest absolute Gasteiger partial charge is 0.118 e. The molecule has 3 rings (SSSR count). The molecule has 1 aliphatic heterocycles. The van der Waals surface area contributed by atoms with Crippen LogP contribution in [0.3, 0.4) is 0 Å². The monoisotopic (exact) mass is 295 g/mol. The number of benzene rings is 2. The molecule has 0 radical (unpaired) electrons. The Hall–Kier alpha value is -1.80. The van der Waals surface area contributed by atoms with Gasteiger partial charge in [0.25, 0.3) is 0 Å². The maximum atomic E-state index is 5.27. The molecule has 0 aliphatic carbocycles. The molecule has 2 aromatic rings. The van der Waals surface area contributed by atoms with E-state index in [-0.39, 0.29) is 0 Å². The second-order valence-electron chi connectivity index (χ2n) is 6.33. The van der Waals surface area contributed by atoms with E-state index in [1.54, 1.807) is 7.11 Å². The van der Waals surface area contributed by atoms with Crippen LogP contribution in [-0.2, 0) is 6.54 Å². The highest BCUT2D eigenvalue weighted by atomic mass is 16.5. The molecule has 0 spiro atoms. The fraction of sp³-hybridized carbons (Fsp3) is 0.400. The Bertz CT molecular complexity index is 633. The molecule has 1 heterocycles. The third-order valence-corrected chi connectivity index (χ3v) is 4.74. The predicted molar refractivity (Wildman–Crippen MR) is 91.3 cm³/mol. The van der Waals surface area contributed by atoms with Crippen LogP contribution in [0.5, 0.6) is 5.75 Å². The van der Waals surface area contributed by atoms with Crippen LogP contribution in [0.2, 0.25) is 0 Å². The summed E-state index contributed by atoms with van der Waals surface area (Å²) in [5, 5.41) is 0. The molecule has 2 heteroatoms. The number of rotatable bonds is 4. The molecule has 116 valence electrons. The van der Waals surface area contributed by atoms with Crippen LogP contribution < -0.4 is 4.74 Å². The first-order valence-electron chi connectivity index (χ1n) is 8.11. The normalized spacial score (nSPS) is 18.6. The summed E-state index contributed by atoms with van der Waals surface area (Å²) in [7, 11) is 1.72. The van der Waals surface area contributed by atoms with Gasteiger partial charge in [-0.1, -0.05) is 35.9 Å². The van der Waals surface area contributed by atoms with Gasteiger partial charge in [0.1, 0.15) is 5.75 Å². The molecule has 1 aliphatic rings. The van der Waals surface area contributed by atoms with Gasteiger partial charge in [0.15, 0.2) is 0 Å². The quantitative estimate of drug-likeness (QED) is 0.814. The van der Waals surface area contributed by atoms with Gasteiger partial charge in [-0.05, 0) is 62.1 Å². The van der Waals surface area contributed by atoms with Gasteiger partial charge in [-0.15, -0.1) is 0 Å². The van der Waals surface area contributed by atoms with Gasteiger partial charge in [0.2, 0.25) is 0 Å². The van der Waals surface area contributed by atoms with Crippen molar-refractivity contribution in [3.63, 3.8) is 0 Å². The van der Waals surface area contributed by atoms with Crippen LogP contribution >= 0.6 is 0 Å². The molecule has 0 saturated carbocycles. The van der Waals surface area contributed by atoms with E-state index in [9.17, 15) is 0 Å². The maximum absolute atomic E-state index is 5.27. The molecule has 0 bridgehead atoms. The topological polar surface area (TPSA) is 12.5 Å². The Morgan fingerprint density at radius 1 is 1.09 bits per heavy atom. The number of hydrogen-bond acceptors (Lipinski definition) is 2. The van der Waals surface area contributed by atoms with Crippen molar-refractivity contribution in [2.45, 2.75) is 39.3 Å². The molecule has 1 unspecified atom stereocenters. The molecule has 2 nitrogen and oxygen atoms in total. The highest BCUT2D eigenvalue weighted by Gasteiger charge is 2.26. The van der Waals surface area contributed by atoms with E-state index in [2.05, 4.69) is 61.2 Å². The number of aryl methyl sites for hydroxylation is 2. The van der Waals surface area contributed by atoms with Gasteiger partial charge in [0.05, 0.1) is 7.11 Å². The van der Waals surface area contributed by atoms with Gasteiger partial charge in [-0.3, -0.25) is 4.90 Å². The molecule has 1 fully saturated rings. The first kappa shape index (κ1) is 15.1. The molecule has 0 N–H and O–H groups in total. The third kappa shape index (κ3) is 3.17. The first-order chi connectivity index (χ1) is 10.7. The SMILES string of the molecule is COc1ccc(C2CCCN2Cc2ccc(C)cc2C)cc1. The zero-order valence-electron chi connectivity index (χ0n) is 13.8. The molecule has 0 amide bonds. The zero-order chi connectivity index (χ0) is 15.5. The average Bonchev–Trinajstić information content (AvgIpc) is 2.98. The number of methoxy groups -OCH3 is 1. The van der Waals surface area contributed by atoms with Crippen LogP contribution in [0.25, 0.3) is 0 Å². The van der Waals surface area contributed by atoms with Crippen molar-refractivity contribution in [2.75, 3.05) is 13.7 Å². The molecule has 1 atom stereocenters. The Morgan fingerprint density at radius 2 is 1.86 bits per heavy atom. The highest BCUT2D eigenvalue weighted by molar-refractivity contribution is 5.32. The lowest BCUT2D eigenvalue weighted by atomic mass is 10.0. The van der Waals surface area contributed by atoms with Gasteiger partial charge in [0, 0.05) is 12.6 Å². The van der Waals surface area contributed by atoms with Crippen LogP contribution in [0.4, 0.5) is 0 Å². The predicted octanol–water partition coefficient (Wildman–Crippen LogP) is 4.65. The van der Waals surface area contributed by atoms with E-state index >= 15 is 0 Å². The van der Waals surface area contributed by atoms with Crippen molar-refractivity contribution in [2.24, 2.45) is 0 Å². The Morgan fingerprint density at radius 3 is 2.55 bits per heavy atom. The Balaban J connectivity index is 1.77. The minimum atomic E-state index is 0.534. The second-order valence-corrected chi connectivity index (χ2v) is 6.33. The zero-order valence-corrected chi connectivity index (χ0v) is 13.8. The second kappa shape index (κ2) is 6.53. The lowest BCUT2D eigenvalue weighted by molar-refractivity contribution is 0.248. The molecule has 1 saturated heterocycles. The van der Waals surface area contributed by atoms with Crippen LogP contribution in [0.15, 0.2) is 42.5 Å². The Kier molecular flexibility index (Phi) is 4.49. The van der Waals surface area contributed by atoms with Gasteiger partial charge in [-0.2, -0.15) is 0 Å². The third-order valence-electron chi connectivity index (χ3n) is 4.74. The lowest BCUT2D eigenvalue weighted by Crippen LogP contribution is -2.23. The van der Waals surface area contributed by atoms with E-state index in [4.69, 9.17) is 4.74 Å². The van der Waals surface area contributed by atoms with Crippen molar-refractivity contribution in [1.29, 1.82) is 0 Å². The van der Waals surface area contributed by atoms with Gasteiger partial charge >= 0.3 is 0 Å². The van der Waals surface area contributed by atoms with E-state index in [0.29, 0.717) is 6.04 Å². The Labute approximate surface area is 133 Å². The minimum Gasteiger partial charge on any atom is -0.497 e. The summed E-state index contributed by atoms with van der Waals surface area (Å²) in [6, 6.07) is 15.9. The van der Waals surface area contributed by atoms with Crippen molar-refractivity contribution >= 4 is 0 Å². The van der Waals surface area contributed by atoms with E-state index < -0.39 is 0 Å². The number of likely N-dealkylation sites (tertiary alicyclic amines) is 1. The van der Waals surface area contributed by atoms with Crippen molar-refractivity contribution in [3.05, 3.63) is 64.7 Å². The first-order valence-corrected chi connectivity index (χ1v) is 8.11. The fourth-order valence-corrected chi connectivity index (χ4v) is 3.46. The average molecular weight is 295 g/mol. The highest BCUT2D eigenvalue weighted by Crippen LogP contribution is 2.34. The lowest BCUT2D eigenvalue weighted by Gasteiger charge is -2.26. The van der Waals surface area contributed by atoms with Gasteiger partial charge in [-0.25, -0.2) is 0 Å². The molecule has 2 aromatic carbocycles. The standard InChI is InChI=1S/C20H25NO/c1-15-6-7-18(16(2)13-15)14-21-12-4-5-20(21)17-8-10-19(22-3)11-9-17/h6-11,13,20H,4-5,12,14H2,1-3H3. The summed E-state index contributed by atoms with van der Waals surface area (Å²) in [5.41, 5.74) is 5.60. The minimum absolute atomic E-state index is 0.534. The number of ether oxygens (including phenoxy) is 1. The molecular weight excluding hydrogens is 270 g/mol. The van der Waals surface area contributed by atoms with Crippen LogP contribution in [0.1, 0.15) is 41.1 Å². The summed E-state index contributed by atoms with van der Waals surface area (Å²) >= 11 is 0. The molecule has 0 aromatic heterocycles.